The van der Waals surface area contributed by atoms with E-state index in [1.165, 1.54) is 11.5 Å². The zero-order valence-electron chi connectivity index (χ0n) is 22.1. The second-order valence-electron chi connectivity index (χ2n) is 11.1. The Kier molecular flexibility index (Phi) is 6.50. The Bertz CT molecular complexity index is 1660. The van der Waals surface area contributed by atoms with E-state index in [2.05, 4.69) is 21.3 Å². The summed E-state index contributed by atoms with van der Waals surface area (Å²) in [5.74, 6) is 0.680. The van der Waals surface area contributed by atoms with Crippen LogP contribution in [0.1, 0.15) is 37.7 Å². The maximum absolute atomic E-state index is 13.4. The van der Waals surface area contributed by atoms with E-state index < -0.39 is 0 Å². The van der Waals surface area contributed by atoms with Gasteiger partial charge in [-0.3, -0.25) is 18.4 Å². The van der Waals surface area contributed by atoms with E-state index in [0.29, 0.717) is 46.6 Å². The molecule has 3 aliphatic heterocycles. The van der Waals surface area contributed by atoms with E-state index in [1.807, 2.05) is 28.2 Å². The van der Waals surface area contributed by atoms with Crippen molar-refractivity contribution in [2.45, 2.75) is 63.4 Å². The first-order valence-electron chi connectivity index (χ1n) is 13.9. The van der Waals surface area contributed by atoms with Crippen LogP contribution in [0.15, 0.2) is 39.9 Å². The number of piperidine rings is 2. The Morgan fingerprint density at radius 2 is 2.03 bits per heavy atom. The molecule has 2 fully saturated rings. The van der Waals surface area contributed by atoms with Crippen molar-refractivity contribution in [3.05, 3.63) is 56.6 Å². The summed E-state index contributed by atoms with van der Waals surface area (Å²) in [6.45, 7) is 3.76. The lowest BCUT2D eigenvalue weighted by atomic mass is 9.99. The van der Waals surface area contributed by atoms with Crippen molar-refractivity contribution in [1.82, 2.24) is 24.1 Å². The quantitative estimate of drug-likeness (QED) is 0.405. The number of hydrogen-bond donors (Lipinski definition) is 2. The first-order chi connectivity index (χ1) is 19.1. The summed E-state index contributed by atoms with van der Waals surface area (Å²) in [4.78, 5) is 37.1. The van der Waals surface area contributed by atoms with Gasteiger partial charge in [-0.2, -0.15) is 0 Å². The largest absolute Gasteiger partial charge is 0.490 e. The molecule has 6 bridgehead atoms. The van der Waals surface area contributed by atoms with Gasteiger partial charge < -0.3 is 19.8 Å². The van der Waals surface area contributed by atoms with E-state index in [4.69, 9.17) is 14.5 Å². The molecule has 2 aromatic heterocycles. The molecule has 0 aliphatic carbocycles. The third-order valence-electron chi connectivity index (χ3n) is 8.35. The SMILES string of the molecule is COC1CCCN(Cc2cc3c4nc(c(=O)[nH]c4c2)-c2cccc4c(=O)n(sc24)CC2CCCC(CO3)N2)C1. The van der Waals surface area contributed by atoms with E-state index in [0.717, 1.165) is 62.0 Å². The topological polar surface area (TPSA) is 101 Å². The number of rotatable bonds is 3. The highest BCUT2D eigenvalue weighted by Crippen LogP contribution is 2.32. The van der Waals surface area contributed by atoms with Crippen LogP contribution >= 0.6 is 11.5 Å². The predicted molar refractivity (Wildman–Crippen MR) is 153 cm³/mol. The van der Waals surface area contributed by atoms with Crippen LogP contribution in [0.4, 0.5) is 0 Å². The van der Waals surface area contributed by atoms with Gasteiger partial charge in [0.2, 0.25) is 0 Å². The molecule has 0 saturated carbocycles. The molecule has 4 aromatic rings. The van der Waals surface area contributed by atoms with Crippen molar-refractivity contribution in [3.63, 3.8) is 0 Å². The minimum Gasteiger partial charge on any atom is -0.490 e. The fourth-order valence-electron chi connectivity index (χ4n) is 6.38. The third-order valence-corrected chi connectivity index (χ3v) is 9.51. The molecular formula is C29H33N5O4S. The Morgan fingerprint density at radius 1 is 1.13 bits per heavy atom. The van der Waals surface area contributed by atoms with Gasteiger partial charge >= 0.3 is 0 Å². The van der Waals surface area contributed by atoms with Gasteiger partial charge in [-0.25, -0.2) is 4.98 Å². The van der Waals surface area contributed by atoms with Crippen LogP contribution in [0.2, 0.25) is 0 Å². The number of fused-ring (bicyclic) bond motifs is 5. The van der Waals surface area contributed by atoms with Gasteiger partial charge in [0.05, 0.1) is 28.3 Å². The second-order valence-corrected chi connectivity index (χ2v) is 12.1. The summed E-state index contributed by atoms with van der Waals surface area (Å²) >= 11 is 1.42. The lowest BCUT2D eigenvalue weighted by Gasteiger charge is -2.32. The number of benzene rings is 2. The molecule has 0 spiro atoms. The lowest BCUT2D eigenvalue weighted by Crippen LogP contribution is -2.47. The number of H-pyrrole nitrogens is 1. The number of aromatic amines is 1. The van der Waals surface area contributed by atoms with Crippen LogP contribution in [0, 0.1) is 0 Å². The fourth-order valence-corrected chi connectivity index (χ4v) is 7.56. The van der Waals surface area contributed by atoms with Gasteiger partial charge in [-0.1, -0.05) is 30.1 Å². The average Bonchev–Trinajstić information content (AvgIpc) is 3.26. The standard InChI is InChI=1S/C29H33N5O4S/c1-37-20-7-4-10-33(15-20)13-17-11-23-26-24(12-17)38-16-19-6-2-5-18(30-19)14-34-29(36)22-9-3-8-21(27(22)39-34)25(32-26)28(35)31-23/h3,8-9,11-12,18-20,30H,2,4-7,10,13-16H2,1H3,(H,31,35). The van der Waals surface area contributed by atoms with Crippen molar-refractivity contribution in [3.8, 4) is 17.0 Å². The van der Waals surface area contributed by atoms with Gasteiger partial charge in [0.15, 0.2) is 0 Å². The van der Waals surface area contributed by atoms with Crippen molar-refractivity contribution in [2.24, 2.45) is 0 Å². The summed E-state index contributed by atoms with van der Waals surface area (Å²) in [6.07, 6.45) is 5.55. The van der Waals surface area contributed by atoms with E-state index in [9.17, 15) is 9.59 Å². The molecule has 9 nitrogen and oxygen atoms in total. The molecule has 39 heavy (non-hydrogen) atoms. The molecule has 3 aliphatic rings. The fraction of sp³-hybridized carbons (Fsp3) is 0.483. The number of aromatic nitrogens is 3. The second kappa shape index (κ2) is 10.2. The molecule has 2 saturated heterocycles. The smallest absolute Gasteiger partial charge is 0.275 e. The highest BCUT2D eigenvalue weighted by Gasteiger charge is 2.26. The molecule has 5 heterocycles. The van der Waals surface area contributed by atoms with Gasteiger partial charge in [0.1, 0.15) is 23.6 Å². The van der Waals surface area contributed by atoms with Crippen LogP contribution in [-0.4, -0.2) is 63.8 Å². The minimum absolute atomic E-state index is 0.0112. The molecule has 0 radical (unpaired) electrons. The normalized spacial score (nSPS) is 23.8. The summed E-state index contributed by atoms with van der Waals surface area (Å²) < 4.78 is 14.7. The van der Waals surface area contributed by atoms with Gasteiger partial charge in [0, 0.05) is 37.8 Å². The molecule has 2 N–H and O–H groups in total. The number of methoxy groups -OCH3 is 1. The predicted octanol–water partition coefficient (Wildman–Crippen LogP) is 3.48. The summed E-state index contributed by atoms with van der Waals surface area (Å²) in [6, 6.07) is 10.0. The number of hydrogen-bond acceptors (Lipinski definition) is 8. The van der Waals surface area contributed by atoms with Crippen LogP contribution in [-0.2, 0) is 17.8 Å². The lowest BCUT2D eigenvalue weighted by molar-refractivity contribution is 0.0285. The van der Waals surface area contributed by atoms with Crippen molar-refractivity contribution >= 4 is 32.7 Å². The number of nitrogens with one attached hydrogen (secondary N) is 2. The van der Waals surface area contributed by atoms with E-state index >= 15 is 0 Å². The number of nitrogens with zero attached hydrogens (tertiary/aromatic N) is 3. The van der Waals surface area contributed by atoms with Crippen LogP contribution in [0.3, 0.4) is 0 Å². The summed E-state index contributed by atoms with van der Waals surface area (Å²) in [7, 11) is 1.78. The Balaban J connectivity index is 1.37. The maximum atomic E-state index is 13.4. The van der Waals surface area contributed by atoms with Crippen LogP contribution in [0.5, 0.6) is 5.75 Å². The zero-order valence-corrected chi connectivity index (χ0v) is 22.9. The molecule has 0 amide bonds. The summed E-state index contributed by atoms with van der Waals surface area (Å²) in [5, 5.41) is 4.35. The average molecular weight is 548 g/mol. The van der Waals surface area contributed by atoms with Gasteiger partial charge in [-0.05, 0) is 56.0 Å². The van der Waals surface area contributed by atoms with Crippen molar-refractivity contribution < 1.29 is 9.47 Å². The van der Waals surface area contributed by atoms with Crippen molar-refractivity contribution in [1.29, 1.82) is 0 Å². The summed E-state index contributed by atoms with van der Waals surface area (Å²) in [5.41, 5.74) is 3.08. The molecule has 204 valence electrons. The number of ether oxygens (including phenoxy) is 2. The monoisotopic (exact) mass is 547 g/mol. The zero-order chi connectivity index (χ0) is 26.5. The maximum Gasteiger partial charge on any atom is 0.275 e. The first-order valence-corrected chi connectivity index (χ1v) is 14.7. The Hall–Kier alpha value is -3.05. The molecule has 3 unspecified atom stereocenters. The van der Waals surface area contributed by atoms with E-state index in [-0.39, 0.29) is 29.3 Å². The van der Waals surface area contributed by atoms with Crippen LogP contribution < -0.4 is 21.2 Å². The third kappa shape index (κ3) is 4.69. The van der Waals surface area contributed by atoms with Gasteiger partial charge in [0.25, 0.3) is 11.1 Å². The number of likely N-dealkylation sites (tertiary alicyclic amines) is 1. The molecule has 3 atom stereocenters. The Labute approximate surface area is 229 Å². The molecular weight excluding hydrogens is 514 g/mol. The van der Waals surface area contributed by atoms with Crippen molar-refractivity contribution in [2.75, 3.05) is 26.8 Å². The Morgan fingerprint density at radius 3 is 2.92 bits per heavy atom. The van der Waals surface area contributed by atoms with E-state index in [1.54, 1.807) is 7.11 Å². The molecule has 7 rings (SSSR count). The molecule has 2 aromatic carbocycles. The minimum atomic E-state index is -0.270. The highest BCUT2D eigenvalue weighted by atomic mass is 32.1. The van der Waals surface area contributed by atoms with Gasteiger partial charge in [-0.15, -0.1) is 0 Å². The van der Waals surface area contributed by atoms with Crippen LogP contribution in [0.25, 0.3) is 32.4 Å². The first kappa shape index (κ1) is 25.0. The highest BCUT2D eigenvalue weighted by molar-refractivity contribution is 7.14. The molecule has 10 heteroatoms.